The fourth-order valence-corrected chi connectivity index (χ4v) is 1.96. The van der Waals surface area contributed by atoms with Gasteiger partial charge in [-0.25, -0.2) is 4.98 Å². The van der Waals surface area contributed by atoms with Crippen molar-refractivity contribution in [3.05, 3.63) is 17.3 Å². The maximum absolute atomic E-state index is 5.59. The van der Waals surface area contributed by atoms with Crippen molar-refractivity contribution in [2.45, 2.75) is 33.1 Å². The van der Waals surface area contributed by atoms with Crippen molar-refractivity contribution >= 4 is 0 Å². The number of nitrogens with zero attached hydrogens (tertiary/aromatic N) is 1. The van der Waals surface area contributed by atoms with Crippen LogP contribution in [0, 0.1) is 19.8 Å². The monoisotopic (exact) mass is 194 g/mol. The molecule has 1 fully saturated rings. The van der Waals surface area contributed by atoms with Crippen LogP contribution in [0.4, 0.5) is 0 Å². The zero-order valence-corrected chi connectivity index (χ0v) is 8.97. The summed E-state index contributed by atoms with van der Waals surface area (Å²) in [7, 11) is 0. The standard InChI is InChI=1S/C11H18N2O/c1-8-9(2)14-11(13-8)7-10-3-5-12-6-4-10/h10,12H,3-7H2,1-2H3. The van der Waals surface area contributed by atoms with E-state index in [0.29, 0.717) is 0 Å². The van der Waals surface area contributed by atoms with Gasteiger partial charge < -0.3 is 9.73 Å². The van der Waals surface area contributed by atoms with Crippen LogP contribution in [0.2, 0.25) is 0 Å². The summed E-state index contributed by atoms with van der Waals surface area (Å²) in [6.07, 6.45) is 3.51. The molecule has 0 aromatic carbocycles. The van der Waals surface area contributed by atoms with Crippen molar-refractivity contribution in [1.29, 1.82) is 0 Å². The number of aryl methyl sites for hydroxylation is 2. The van der Waals surface area contributed by atoms with E-state index in [1.54, 1.807) is 0 Å². The highest BCUT2D eigenvalue weighted by atomic mass is 16.4. The molecular formula is C11H18N2O. The van der Waals surface area contributed by atoms with E-state index in [1.165, 1.54) is 12.8 Å². The summed E-state index contributed by atoms with van der Waals surface area (Å²) >= 11 is 0. The van der Waals surface area contributed by atoms with Crippen molar-refractivity contribution in [2.75, 3.05) is 13.1 Å². The predicted molar refractivity (Wildman–Crippen MR) is 55.3 cm³/mol. The summed E-state index contributed by atoms with van der Waals surface area (Å²) in [5.74, 6) is 2.65. The molecule has 0 aliphatic carbocycles. The smallest absolute Gasteiger partial charge is 0.194 e. The molecule has 0 amide bonds. The molecule has 0 radical (unpaired) electrons. The van der Waals surface area contributed by atoms with Crippen LogP contribution >= 0.6 is 0 Å². The van der Waals surface area contributed by atoms with Crippen molar-refractivity contribution in [1.82, 2.24) is 10.3 Å². The molecule has 78 valence electrons. The Labute approximate surface area is 84.9 Å². The molecule has 1 N–H and O–H groups in total. The second kappa shape index (κ2) is 4.13. The van der Waals surface area contributed by atoms with Crippen LogP contribution in [0.5, 0.6) is 0 Å². The molecule has 1 aromatic heterocycles. The second-order valence-electron chi connectivity index (χ2n) is 4.15. The lowest BCUT2D eigenvalue weighted by atomic mass is 9.95. The summed E-state index contributed by atoms with van der Waals surface area (Å²) in [5.41, 5.74) is 1.04. The largest absolute Gasteiger partial charge is 0.446 e. The van der Waals surface area contributed by atoms with E-state index in [9.17, 15) is 0 Å². The molecule has 2 heterocycles. The molecule has 1 saturated heterocycles. The average molecular weight is 194 g/mol. The Morgan fingerprint density at radius 2 is 2.07 bits per heavy atom. The number of nitrogens with one attached hydrogen (secondary N) is 1. The Hall–Kier alpha value is -0.830. The van der Waals surface area contributed by atoms with Crippen molar-refractivity contribution in [3.8, 4) is 0 Å². The van der Waals surface area contributed by atoms with Gasteiger partial charge in [0.15, 0.2) is 5.89 Å². The first kappa shape index (κ1) is 9.71. The second-order valence-corrected chi connectivity index (χ2v) is 4.15. The van der Waals surface area contributed by atoms with Crippen LogP contribution in [0.15, 0.2) is 4.42 Å². The Kier molecular flexibility index (Phi) is 2.87. The molecule has 14 heavy (non-hydrogen) atoms. The van der Waals surface area contributed by atoms with Gasteiger partial charge >= 0.3 is 0 Å². The summed E-state index contributed by atoms with van der Waals surface area (Å²) in [6.45, 7) is 6.27. The number of rotatable bonds is 2. The third-order valence-electron chi connectivity index (χ3n) is 2.99. The number of aromatic nitrogens is 1. The van der Waals surface area contributed by atoms with Gasteiger partial charge in [-0.2, -0.15) is 0 Å². The summed E-state index contributed by atoms with van der Waals surface area (Å²) in [5, 5.41) is 3.37. The maximum atomic E-state index is 5.59. The molecule has 0 spiro atoms. The Morgan fingerprint density at radius 3 is 2.64 bits per heavy atom. The number of hydrogen-bond donors (Lipinski definition) is 1. The number of oxazole rings is 1. The molecule has 3 heteroatoms. The molecule has 1 aromatic rings. The van der Waals surface area contributed by atoms with Crippen LogP contribution in [-0.2, 0) is 6.42 Å². The first-order valence-electron chi connectivity index (χ1n) is 5.39. The highest BCUT2D eigenvalue weighted by molar-refractivity contribution is 5.05. The molecule has 0 unspecified atom stereocenters. The quantitative estimate of drug-likeness (QED) is 0.780. The van der Waals surface area contributed by atoms with E-state index in [4.69, 9.17) is 4.42 Å². The molecule has 0 bridgehead atoms. The van der Waals surface area contributed by atoms with Crippen LogP contribution in [0.3, 0.4) is 0 Å². The van der Waals surface area contributed by atoms with Crippen LogP contribution in [0.25, 0.3) is 0 Å². The minimum absolute atomic E-state index is 0.758. The normalized spacial score (nSPS) is 18.7. The van der Waals surface area contributed by atoms with E-state index in [1.807, 2.05) is 13.8 Å². The van der Waals surface area contributed by atoms with E-state index in [-0.39, 0.29) is 0 Å². The van der Waals surface area contributed by atoms with Gasteiger partial charge in [0.2, 0.25) is 0 Å². The lowest BCUT2D eigenvalue weighted by Crippen LogP contribution is -2.28. The topological polar surface area (TPSA) is 38.1 Å². The first-order valence-corrected chi connectivity index (χ1v) is 5.39. The highest BCUT2D eigenvalue weighted by Crippen LogP contribution is 2.19. The molecule has 1 aliphatic heterocycles. The van der Waals surface area contributed by atoms with Gasteiger partial charge in [-0.15, -0.1) is 0 Å². The van der Waals surface area contributed by atoms with E-state index in [0.717, 1.165) is 42.8 Å². The number of piperidine rings is 1. The van der Waals surface area contributed by atoms with Gasteiger partial charge in [-0.05, 0) is 45.7 Å². The summed E-state index contributed by atoms with van der Waals surface area (Å²) in [4.78, 5) is 4.42. The number of hydrogen-bond acceptors (Lipinski definition) is 3. The minimum atomic E-state index is 0.758. The lowest BCUT2D eigenvalue weighted by Gasteiger charge is -2.20. The SMILES string of the molecule is Cc1nc(CC2CCNCC2)oc1C. The van der Waals surface area contributed by atoms with Crippen molar-refractivity contribution < 1.29 is 4.42 Å². The van der Waals surface area contributed by atoms with Crippen molar-refractivity contribution in [2.24, 2.45) is 5.92 Å². The van der Waals surface area contributed by atoms with Crippen LogP contribution in [-0.4, -0.2) is 18.1 Å². The van der Waals surface area contributed by atoms with Crippen molar-refractivity contribution in [3.63, 3.8) is 0 Å². The maximum Gasteiger partial charge on any atom is 0.194 e. The molecular weight excluding hydrogens is 176 g/mol. The summed E-state index contributed by atoms with van der Waals surface area (Å²) in [6, 6.07) is 0. The molecule has 3 nitrogen and oxygen atoms in total. The van der Waals surface area contributed by atoms with Crippen LogP contribution < -0.4 is 5.32 Å². The third-order valence-corrected chi connectivity index (χ3v) is 2.99. The van der Waals surface area contributed by atoms with E-state index < -0.39 is 0 Å². The first-order chi connectivity index (χ1) is 6.75. The Balaban J connectivity index is 1.95. The van der Waals surface area contributed by atoms with Gasteiger partial charge in [0.1, 0.15) is 5.76 Å². The van der Waals surface area contributed by atoms with Crippen LogP contribution in [0.1, 0.15) is 30.2 Å². The van der Waals surface area contributed by atoms with Gasteiger partial charge in [-0.3, -0.25) is 0 Å². The Morgan fingerprint density at radius 1 is 1.36 bits per heavy atom. The molecule has 2 rings (SSSR count). The lowest BCUT2D eigenvalue weighted by molar-refractivity contribution is 0.338. The van der Waals surface area contributed by atoms with Gasteiger partial charge in [-0.1, -0.05) is 0 Å². The average Bonchev–Trinajstić information content (AvgIpc) is 2.47. The molecule has 0 saturated carbocycles. The third kappa shape index (κ3) is 2.15. The molecule has 1 aliphatic rings. The zero-order valence-electron chi connectivity index (χ0n) is 8.97. The Bertz CT molecular complexity index is 281. The van der Waals surface area contributed by atoms with Gasteiger partial charge in [0.05, 0.1) is 5.69 Å². The zero-order chi connectivity index (χ0) is 9.97. The molecule has 0 atom stereocenters. The fraction of sp³-hybridized carbons (Fsp3) is 0.727. The predicted octanol–water partition coefficient (Wildman–Crippen LogP) is 1.83. The summed E-state index contributed by atoms with van der Waals surface area (Å²) < 4.78 is 5.59. The minimum Gasteiger partial charge on any atom is -0.446 e. The van der Waals surface area contributed by atoms with Gasteiger partial charge in [0, 0.05) is 6.42 Å². The van der Waals surface area contributed by atoms with Gasteiger partial charge in [0.25, 0.3) is 0 Å². The fourth-order valence-electron chi connectivity index (χ4n) is 1.96. The van der Waals surface area contributed by atoms with E-state index >= 15 is 0 Å². The highest BCUT2D eigenvalue weighted by Gasteiger charge is 2.16. The van der Waals surface area contributed by atoms with E-state index in [2.05, 4.69) is 10.3 Å².